The molecule has 0 aliphatic heterocycles. The van der Waals surface area contributed by atoms with Crippen molar-refractivity contribution in [1.29, 1.82) is 0 Å². The van der Waals surface area contributed by atoms with Crippen LogP contribution in [0.3, 0.4) is 0 Å². The second-order valence-corrected chi connectivity index (χ2v) is 6.82. The summed E-state index contributed by atoms with van der Waals surface area (Å²) in [5.41, 5.74) is 1.18. The molecular formula is C17H20BrNO. The molecule has 2 fully saturated rings. The van der Waals surface area contributed by atoms with Gasteiger partial charge in [-0.1, -0.05) is 28.3 Å². The van der Waals surface area contributed by atoms with E-state index in [2.05, 4.69) is 33.2 Å². The lowest BCUT2D eigenvalue weighted by atomic mass is 9.95. The summed E-state index contributed by atoms with van der Waals surface area (Å²) in [5, 5.41) is 3.72. The van der Waals surface area contributed by atoms with Crippen LogP contribution in [0.4, 0.5) is 0 Å². The predicted octanol–water partition coefficient (Wildman–Crippen LogP) is 3.74. The molecule has 2 saturated carbocycles. The first-order chi connectivity index (χ1) is 9.76. The van der Waals surface area contributed by atoms with E-state index in [1.165, 1.54) is 31.2 Å². The van der Waals surface area contributed by atoms with Gasteiger partial charge in [-0.25, -0.2) is 0 Å². The number of rotatable bonds is 5. The van der Waals surface area contributed by atoms with Crippen LogP contribution in [0.25, 0.3) is 0 Å². The molecule has 0 saturated heterocycles. The Balaban J connectivity index is 1.64. The molecule has 0 heterocycles. The smallest absolute Gasteiger partial charge is 0.148 e. The third-order valence-electron chi connectivity index (χ3n) is 4.63. The third kappa shape index (κ3) is 3.02. The summed E-state index contributed by atoms with van der Waals surface area (Å²) in [4.78, 5) is 0. The van der Waals surface area contributed by atoms with Gasteiger partial charge in [-0.15, -0.1) is 6.42 Å². The Labute approximate surface area is 129 Å². The van der Waals surface area contributed by atoms with Crippen molar-refractivity contribution in [1.82, 2.24) is 5.32 Å². The van der Waals surface area contributed by atoms with Crippen LogP contribution in [0, 0.1) is 24.2 Å². The number of terminal acetylenes is 1. The van der Waals surface area contributed by atoms with Gasteiger partial charge in [0, 0.05) is 22.6 Å². The van der Waals surface area contributed by atoms with Gasteiger partial charge >= 0.3 is 0 Å². The Kier molecular flexibility index (Phi) is 4.33. The Morgan fingerprint density at radius 2 is 2.25 bits per heavy atom. The van der Waals surface area contributed by atoms with E-state index in [9.17, 15) is 0 Å². The molecule has 106 valence electrons. The van der Waals surface area contributed by atoms with Crippen LogP contribution in [-0.4, -0.2) is 12.6 Å². The standard InChI is InChI=1S/C17H20BrNO/c1-2-7-20-17-6-5-15(18)10-14(17)11-19-16-9-12-3-4-13(16)8-12/h1,5-6,10,12-13,16,19H,3-4,7-9,11H2. The van der Waals surface area contributed by atoms with Crippen molar-refractivity contribution in [3.05, 3.63) is 28.2 Å². The van der Waals surface area contributed by atoms with Crippen molar-refractivity contribution in [3.63, 3.8) is 0 Å². The number of hydrogen-bond acceptors (Lipinski definition) is 2. The molecule has 2 bridgehead atoms. The van der Waals surface area contributed by atoms with Crippen molar-refractivity contribution >= 4 is 15.9 Å². The maximum absolute atomic E-state index is 5.62. The van der Waals surface area contributed by atoms with E-state index in [0.29, 0.717) is 12.6 Å². The van der Waals surface area contributed by atoms with E-state index < -0.39 is 0 Å². The van der Waals surface area contributed by atoms with Crippen molar-refractivity contribution in [2.24, 2.45) is 11.8 Å². The molecular weight excluding hydrogens is 314 g/mol. The average molecular weight is 334 g/mol. The van der Waals surface area contributed by atoms with E-state index in [-0.39, 0.29) is 0 Å². The monoisotopic (exact) mass is 333 g/mol. The summed E-state index contributed by atoms with van der Waals surface area (Å²) < 4.78 is 6.70. The van der Waals surface area contributed by atoms with Crippen LogP contribution < -0.4 is 10.1 Å². The second-order valence-electron chi connectivity index (χ2n) is 5.91. The van der Waals surface area contributed by atoms with Gasteiger partial charge in [-0.05, 0) is 49.3 Å². The molecule has 2 aliphatic carbocycles. The lowest BCUT2D eigenvalue weighted by Gasteiger charge is -2.23. The Morgan fingerprint density at radius 1 is 1.35 bits per heavy atom. The van der Waals surface area contributed by atoms with E-state index in [1.54, 1.807) is 0 Å². The first-order valence-electron chi connectivity index (χ1n) is 7.34. The summed E-state index contributed by atoms with van der Waals surface area (Å²) in [6.45, 7) is 1.18. The second kappa shape index (κ2) is 6.20. The van der Waals surface area contributed by atoms with Crippen molar-refractivity contribution in [3.8, 4) is 18.1 Å². The molecule has 3 heteroatoms. The highest BCUT2D eigenvalue weighted by atomic mass is 79.9. The molecule has 1 aromatic rings. The van der Waals surface area contributed by atoms with Crippen LogP contribution in [0.2, 0.25) is 0 Å². The molecule has 0 spiro atoms. The quantitative estimate of drug-likeness (QED) is 0.829. The van der Waals surface area contributed by atoms with Gasteiger partial charge in [0.1, 0.15) is 12.4 Å². The van der Waals surface area contributed by atoms with Gasteiger partial charge in [0.2, 0.25) is 0 Å². The minimum Gasteiger partial charge on any atom is -0.481 e. The minimum absolute atomic E-state index is 0.322. The van der Waals surface area contributed by atoms with Crippen molar-refractivity contribution in [2.45, 2.75) is 38.3 Å². The van der Waals surface area contributed by atoms with E-state index in [0.717, 1.165) is 28.6 Å². The molecule has 1 N–H and O–H groups in total. The van der Waals surface area contributed by atoms with Gasteiger partial charge in [-0.2, -0.15) is 0 Å². The fourth-order valence-corrected chi connectivity index (χ4v) is 4.09. The fraction of sp³-hybridized carbons (Fsp3) is 0.529. The summed E-state index contributed by atoms with van der Waals surface area (Å²) in [7, 11) is 0. The van der Waals surface area contributed by atoms with Gasteiger partial charge in [0.05, 0.1) is 0 Å². The molecule has 1 aromatic carbocycles. The van der Waals surface area contributed by atoms with Gasteiger partial charge in [0.25, 0.3) is 0 Å². The van der Waals surface area contributed by atoms with Gasteiger partial charge < -0.3 is 10.1 Å². The van der Waals surface area contributed by atoms with Crippen LogP contribution in [-0.2, 0) is 6.54 Å². The summed E-state index contributed by atoms with van der Waals surface area (Å²) in [6.07, 6.45) is 10.9. The molecule has 0 aromatic heterocycles. The Morgan fingerprint density at radius 3 is 2.95 bits per heavy atom. The maximum atomic E-state index is 5.62. The fourth-order valence-electron chi connectivity index (χ4n) is 3.68. The summed E-state index contributed by atoms with van der Waals surface area (Å²) in [6, 6.07) is 6.78. The number of fused-ring (bicyclic) bond motifs is 2. The van der Waals surface area contributed by atoms with Gasteiger partial charge in [0.15, 0.2) is 0 Å². The largest absolute Gasteiger partial charge is 0.481 e. The lowest BCUT2D eigenvalue weighted by Crippen LogP contribution is -2.33. The van der Waals surface area contributed by atoms with Crippen LogP contribution in [0.5, 0.6) is 5.75 Å². The SMILES string of the molecule is C#CCOc1ccc(Br)cc1CNC1CC2CCC1C2. The third-order valence-corrected chi connectivity index (χ3v) is 5.12. The number of benzene rings is 1. The van der Waals surface area contributed by atoms with E-state index in [1.807, 2.05) is 12.1 Å². The Hall–Kier alpha value is -0.980. The molecule has 0 radical (unpaired) electrons. The highest BCUT2D eigenvalue weighted by Crippen LogP contribution is 2.44. The number of hydrogen-bond donors (Lipinski definition) is 1. The molecule has 3 rings (SSSR count). The summed E-state index contributed by atoms with van der Waals surface area (Å²) in [5.74, 6) is 5.27. The number of nitrogens with one attached hydrogen (secondary N) is 1. The average Bonchev–Trinajstić information content (AvgIpc) is 3.06. The first-order valence-corrected chi connectivity index (χ1v) is 8.13. The topological polar surface area (TPSA) is 21.3 Å². The van der Waals surface area contributed by atoms with Crippen LogP contribution in [0.15, 0.2) is 22.7 Å². The van der Waals surface area contributed by atoms with Crippen molar-refractivity contribution < 1.29 is 4.74 Å². The molecule has 3 atom stereocenters. The Bertz CT molecular complexity index is 522. The number of halogens is 1. The molecule has 3 unspecified atom stereocenters. The van der Waals surface area contributed by atoms with Crippen LogP contribution >= 0.6 is 15.9 Å². The maximum Gasteiger partial charge on any atom is 0.148 e. The summed E-state index contributed by atoms with van der Waals surface area (Å²) >= 11 is 3.53. The normalized spacial score (nSPS) is 27.5. The van der Waals surface area contributed by atoms with Gasteiger partial charge in [-0.3, -0.25) is 0 Å². The zero-order chi connectivity index (χ0) is 13.9. The highest BCUT2D eigenvalue weighted by Gasteiger charge is 2.39. The molecule has 2 aliphatic rings. The molecule has 0 amide bonds. The van der Waals surface area contributed by atoms with E-state index >= 15 is 0 Å². The molecule has 20 heavy (non-hydrogen) atoms. The first kappa shape index (κ1) is 14.0. The highest BCUT2D eigenvalue weighted by molar-refractivity contribution is 9.10. The van der Waals surface area contributed by atoms with E-state index in [4.69, 9.17) is 11.2 Å². The predicted molar refractivity (Wildman–Crippen MR) is 84.5 cm³/mol. The van der Waals surface area contributed by atoms with Crippen molar-refractivity contribution in [2.75, 3.05) is 6.61 Å². The van der Waals surface area contributed by atoms with Crippen LogP contribution in [0.1, 0.15) is 31.2 Å². The molecule has 2 nitrogen and oxygen atoms in total. The minimum atomic E-state index is 0.322. The zero-order valence-corrected chi connectivity index (χ0v) is 13.2. The zero-order valence-electron chi connectivity index (χ0n) is 11.6. The lowest BCUT2D eigenvalue weighted by molar-refractivity contribution is 0.340. The number of ether oxygens (including phenoxy) is 1.